The first-order valence-electron chi connectivity index (χ1n) is 6.68. The van der Waals surface area contributed by atoms with Crippen LogP contribution in [0.3, 0.4) is 0 Å². The van der Waals surface area contributed by atoms with E-state index in [1.54, 1.807) is 11.8 Å². The van der Waals surface area contributed by atoms with Gasteiger partial charge in [0, 0.05) is 16.5 Å². The van der Waals surface area contributed by atoms with Crippen LogP contribution in [-0.2, 0) is 4.79 Å². The van der Waals surface area contributed by atoms with Crippen LogP contribution in [0, 0.1) is 12.8 Å². The molecule has 0 aliphatic heterocycles. The molecule has 1 aliphatic rings. The highest BCUT2D eigenvalue weighted by Crippen LogP contribution is 2.34. The molecule has 0 bridgehead atoms. The van der Waals surface area contributed by atoms with E-state index in [2.05, 4.69) is 5.32 Å². The Hall–Kier alpha value is -1.49. The van der Waals surface area contributed by atoms with Gasteiger partial charge in [-0.3, -0.25) is 9.59 Å². The first-order chi connectivity index (χ1) is 9.51. The molecule has 2 rings (SSSR count). The number of hydrogen-bond donors (Lipinski definition) is 2. The third-order valence-electron chi connectivity index (χ3n) is 3.59. The normalized spacial score (nSPS) is 15.7. The van der Waals surface area contributed by atoms with Crippen molar-refractivity contribution in [1.29, 1.82) is 0 Å². The standard InChI is InChI=1S/C15H19NO3S/c1-9-3-6-11(20-2)7-12(9)15(19)16-13(8-14(17)18)10-4-5-10/h3,6-7,10,13H,4-5,8H2,1-2H3,(H,16,19)(H,17,18). The molecule has 1 aromatic rings. The first-order valence-corrected chi connectivity index (χ1v) is 7.91. The van der Waals surface area contributed by atoms with Gasteiger partial charge < -0.3 is 10.4 Å². The second-order valence-electron chi connectivity index (χ2n) is 5.20. The van der Waals surface area contributed by atoms with Gasteiger partial charge in [0.05, 0.1) is 6.42 Å². The summed E-state index contributed by atoms with van der Waals surface area (Å²) >= 11 is 1.58. The lowest BCUT2D eigenvalue weighted by Crippen LogP contribution is -2.38. The number of carbonyl (C=O) groups is 2. The second-order valence-corrected chi connectivity index (χ2v) is 6.08. The molecule has 1 fully saturated rings. The predicted molar refractivity (Wildman–Crippen MR) is 79.2 cm³/mol. The van der Waals surface area contributed by atoms with Crippen LogP contribution in [-0.4, -0.2) is 29.3 Å². The average Bonchev–Trinajstić information content (AvgIpc) is 3.22. The number of benzene rings is 1. The van der Waals surface area contributed by atoms with Crippen molar-refractivity contribution in [2.75, 3.05) is 6.26 Å². The third kappa shape index (κ3) is 3.76. The van der Waals surface area contributed by atoms with E-state index in [9.17, 15) is 9.59 Å². The van der Waals surface area contributed by atoms with Gasteiger partial charge in [0.25, 0.3) is 5.91 Å². The van der Waals surface area contributed by atoms with Crippen molar-refractivity contribution < 1.29 is 14.7 Å². The molecule has 0 heterocycles. The maximum atomic E-state index is 12.3. The van der Waals surface area contributed by atoms with E-state index in [1.165, 1.54) is 0 Å². The van der Waals surface area contributed by atoms with Crippen molar-refractivity contribution in [2.45, 2.75) is 37.1 Å². The van der Waals surface area contributed by atoms with Crippen molar-refractivity contribution in [1.82, 2.24) is 5.32 Å². The van der Waals surface area contributed by atoms with Gasteiger partial charge in [-0.1, -0.05) is 6.07 Å². The van der Waals surface area contributed by atoms with Gasteiger partial charge in [-0.2, -0.15) is 0 Å². The number of hydrogen-bond acceptors (Lipinski definition) is 3. The third-order valence-corrected chi connectivity index (χ3v) is 4.32. The van der Waals surface area contributed by atoms with Crippen molar-refractivity contribution in [2.24, 2.45) is 5.92 Å². The van der Waals surface area contributed by atoms with Crippen molar-refractivity contribution >= 4 is 23.6 Å². The summed E-state index contributed by atoms with van der Waals surface area (Å²) in [6.45, 7) is 1.89. The summed E-state index contributed by atoms with van der Waals surface area (Å²) in [5.74, 6) is -0.715. The van der Waals surface area contributed by atoms with Crippen LogP contribution in [0.1, 0.15) is 35.2 Å². The van der Waals surface area contributed by atoms with Crippen LogP contribution < -0.4 is 5.32 Å². The zero-order chi connectivity index (χ0) is 14.7. The molecule has 1 unspecified atom stereocenters. The van der Waals surface area contributed by atoms with Gasteiger partial charge >= 0.3 is 5.97 Å². The van der Waals surface area contributed by atoms with E-state index in [0.717, 1.165) is 23.3 Å². The SMILES string of the molecule is CSc1ccc(C)c(C(=O)NC(CC(=O)O)C2CC2)c1. The fraction of sp³-hybridized carbons (Fsp3) is 0.467. The highest BCUT2D eigenvalue weighted by molar-refractivity contribution is 7.98. The minimum atomic E-state index is -0.864. The number of amides is 1. The number of rotatable bonds is 6. The molecule has 5 heteroatoms. The highest BCUT2D eigenvalue weighted by atomic mass is 32.2. The molecule has 108 valence electrons. The molecule has 0 radical (unpaired) electrons. The topological polar surface area (TPSA) is 66.4 Å². The summed E-state index contributed by atoms with van der Waals surface area (Å²) in [4.78, 5) is 24.2. The molecule has 1 atom stereocenters. The molecule has 2 N–H and O–H groups in total. The molecule has 4 nitrogen and oxygen atoms in total. The van der Waals surface area contributed by atoms with Crippen LogP contribution in [0.2, 0.25) is 0 Å². The maximum Gasteiger partial charge on any atom is 0.305 e. The van der Waals surface area contributed by atoms with Gasteiger partial charge in [-0.25, -0.2) is 0 Å². The Labute approximate surface area is 123 Å². The summed E-state index contributed by atoms with van der Waals surface area (Å²) in [5.41, 5.74) is 1.54. The molecule has 1 amide bonds. The monoisotopic (exact) mass is 293 g/mol. The number of aliphatic carboxylic acids is 1. The van der Waals surface area contributed by atoms with Crippen LogP contribution in [0.25, 0.3) is 0 Å². The molecular weight excluding hydrogens is 274 g/mol. The Morgan fingerprint density at radius 2 is 2.15 bits per heavy atom. The summed E-state index contributed by atoms with van der Waals surface area (Å²) in [6.07, 6.45) is 3.96. The average molecular weight is 293 g/mol. The van der Waals surface area contributed by atoms with Crippen molar-refractivity contribution in [3.63, 3.8) is 0 Å². The smallest absolute Gasteiger partial charge is 0.305 e. The number of carboxylic acid groups (broad SMARTS) is 1. The summed E-state index contributed by atoms with van der Waals surface area (Å²) in [5, 5.41) is 11.8. The minimum Gasteiger partial charge on any atom is -0.481 e. The van der Waals surface area contributed by atoms with Gasteiger partial charge in [0.1, 0.15) is 0 Å². The number of thioether (sulfide) groups is 1. The molecule has 1 saturated carbocycles. The molecule has 0 aromatic heterocycles. The lowest BCUT2D eigenvalue weighted by molar-refractivity contribution is -0.137. The van der Waals surface area contributed by atoms with Gasteiger partial charge in [-0.15, -0.1) is 11.8 Å². The molecule has 0 spiro atoms. The maximum absolute atomic E-state index is 12.3. The lowest BCUT2D eigenvalue weighted by atomic mass is 10.1. The molecule has 1 aliphatic carbocycles. The van der Waals surface area contributed by atoms with Crippen LogP contribution in [0.15, 0.2) is 23.1 Å². The van der Waals surface area contributed by atoms with E-state index in [1.807, 2.05) is 31.4 Å². The number of aryl methyl sites for hydroxylation is 1. The Balaban J connectivity index is 2.11. The second kappa shape index (κ2) is 6.31. The van der Waals surface area contributed by atoms with Gasteiger partial charge in [-0.05, 0) is 49.6 Å². The number of carboxylic acids is 1. The number of nitrogens with one attached hydrogen (secondary N) is 1. The van der Waals surface area contributed by atoms with Gasteiger partial charge in [0.2, 0.25) is 0 Å². The van der Waals surface area contributed by atoms with Crippen LogP contribution in [0.5, 0.6) is 0 Å². The summed E-state index contributed by atoms with van der Waals surface area (Å²) in [7, 11) is 0. The Morgan fingerprint density at radius 1 is 1.45 bits per heavy atom. The van der Waals surface area contributed by atoms with E-state index in [-0.39, 0.29) is 18.4 Å². The molecular formula is C15H19NO3S. The van der Waals surface area contributed by atoms with Crippen molar-refractivity contribution in [3.8, 4) is 0 Å². The van der Waals surface area contributed by atoms with Crippen LogP contribution in [0.4, 0.5) is 0 Å². The fourth-order valence-electron chi connectivity index (χ4n) is 2.24. The fourth-order valence-corrected chi connectivity index (χ4v) is 2.68. The van der Waals surface area contributed by atoms with Crippen molar-refractivity contribution in [3.05, 3.63) is 29.3 Å². The summed E-state index contributed by atoms with van der Waals surface area (Å²) < 4.78 is 0. The molecule has 1 aromatic carbocycles. The van der Waals surface area contributed by atoms with E-state index in [0.29, 0.717) is 11.5 Å². The zero-order valence-corrected chi connectivity index (χ0v) is 12.5. The Kier molecular flexibility index (Phi) is 4.70. The van der Waals surface area contributed by atoms with E-state index < -0.39 is 5.97 Å². The lowest BCUT2D eigenvalue weighted by Gasteiger charge is -2.17. The largest absolute Gasteiger partial charge is 0.481 e. The van der Waals surface area contributed by atoms with E-state index >= 15 is 0 Å². The summed E-state index contributed by atoms with van der Waals surface area (Å²) in [6, 6.07) is 5.51. The van der Waals surface area contributed by atoms with Crippen LogP contribution >= 0.6 is 11.8 Å². The highest BCUT2D eigenvalue weighted by Gasteiger charge is 2.34. The first kappa shape index (κ1) is 14.9. The Bertz CT molecular complexity index is 526. The Morgan fingerprint density at radius 3 is 2.70 bits per heavy atom. The quantitative estimate of drug-likeness (QED) is 0.791. The van der Waals surface area contributed by atoms with E-state index in [4.69, 9.17) is 5.11 Å². The molecule has 20 heavy (non-hydrogen) atoms. The predicted octanol–water partition coefficient (Wildman–Crippen LogP) is 2.70. The minimum absolute atomic E-state index is 0.00231. The number of carbonyl (C=O) groups excluding carboxylic acids is 1. The zero-order valence-electron chi connectivity index (χ0n) is 11.7. The molecule has 0 saturated heterocycles. The van der Waals surface area contributed by atoms with Gasteiger partial charge in [0.15, 0.2) is 0 Å².